The Morgan fingerprint density at radius 2 is 1.78 bits per heavy atom. The van der Waals surface area contributed by atoms with Crippen LogP contribution in [0.3, 0.4) is 0 Å². The first kappa shape index (κ1) is 23.8. The first-order valence-corrected chi connectivity index (χ1v) is 11.2. The molecule has 1 aromatic heterocycles. The van der Waals surface area contributed by atoms with Crippen LogP contribution in [0.5, 0.6) is 0 Å². The predicted molar refractivity (Wildman–Crippen MR) is 129 cm³/mol. The number of rotatable bonds is 10. The van der Waals surface area contributed by atoms with E-state index in [1.165, 1.54) is 17.3 Å². The molecule has 3 aromatic rings. The van der Waals surface area contributed by atoms with Crippen LogP contribution in [0.25, 0.3) is 11.3 Å². The standard InChI is InChI=1S/C25H29N3O3S/c1-18-5-9-20(10-6-18)22-15-23(27-17-26-22)28(13-14-31-4)16-19-7-11-21(12-8-19)32-25(2,3)24(29)30/h5-12,15,17H,13-14,16H2,1-4H3,(H,29,30). The molecule has 0 saturated carbocycles. The summed E-state index contributed by atoms with van der Waals surface area (Å²) in [7, 11) is 1.69. The molecule has 1 N–H and O–H groups in total. The van der Waals surface area contributed by atoms with Crippen molar-refractivity contribution in [3.63, 3.8) is 0 Å². The second-order valence-corrected chi connectivity index (χ2v) is 9.80. The molecule has 1 heterocycles. The van der Waals surface area contributed by atoms with Gasteiger partial charge in [-0.15, -0.1) is 11.8 Å². The number of methoxy groups -OCH3 is 1. The Labute approximate surface area is 193 Å². The molecule has 0 bridgehead atoms. The number of carboxylic acids is 1. The summed E-state index contributed by atoms with van der Waals surface area (Å²) >= 11 is 1.34. The number of aryl methyl sites for hydroxylation is 1. The Hall–Kier alpha value is -2.90. The summed E-state index contributed by atoms with van der Waals surface area (Å²) in [6.45, 7) is 7.39. The van der Waals surface area contributed by atoms with Crippen molar-refractivity contribution in [2.24, 2.45) is 0 Å². The van der Waals surface area contributed by atoms with Crippen molar-refractivity contribution in [3.8, 4) is 11.3 Å². The van der Waals surface area contributed by atoms with Gasteiger partial charge in [-0.3, -0.25) is 4.79 Å². The van der Waals surface area contributed by atoms with E-state index in [0.29, 0.717) is 19.7 Å². The molecule has 6 nitrogen and oxygen atoms in total. The van der Waals surface area contributed by atoms with Crippen LogP contribution < -0.4 is 4.90 Å². The summed E-state index contributed by atoms with van der Waals surface area (Å²) in [6, 6.07) is 18.3. The van der Waals surface area contributed by atoms with Crippen molar-refractivity contribution in [2.45, 2.75) is 37.0 Å². The maximum atomic E-state index is 11.4. The molecule has 0 radical (unpaired) electrons. The van der Waals surface area contributed by atoms with E-state index in [1.54, 1.807) is 27.3 Å². The van der Waals surface area contributed by atoms with Crippen LogP contribution in [0.15, 0.2) is 65.8 Å². The Balaban J connectivity index is 1.79. The van der Waals surface area contributed by atoms with Gasteiger partial charge in [-0.2, -0.15) is 0 Å². The lowest BCUT2D eigenvalue weighted by molar-refractivity contribution is -0.138. The van der Waals surface area contributed by atoms with Gasteiger partial charge in [0.05, 0.1) is 12.3 Å². The van der Waals surface area contributed by atoms with Gasteiger partial charge in [0, 0.05) is 36.7 Å². The molecule has 7 heteroatoms. The van der Waals surface area contributed by atoms with E-state index in [4.69, 9.17) is 4.74 Å². The number of benzene rings is 2. The number of aromatic nitrogens is 2. The lowest BCUT2D eigenvalue weighted by atomic mass is 10.1. The fraction of sp³-hybridized carbons (Fsp3) is 0.320. The van der Waals surface area contributed by atoms with Gasteiger partial charge in [0.1, 0.15) is 16.9 Å². The maximum Gasteiger partial charge on any atom is 0.319 e. The normalized spacial score (nSPS) is 11.4. The highest BCUT2D eigenvalue weighted by Gasteiger charge is 2.28. The number of carbonyl (C=O) groups is 1. The van der Waals surface area contributed by atoms with E-state index in [-0.39, 0.29) is 0 Å². The number of carboxylic acid groups (broad SMARTS) is 1. The van der Waals surface area contributed by atoms with Crippen molar-refractivity contribution in [1.82, 2.24) is 9.97 Å². The highest BCUT2D eigenvalue weighted by molar-refractivity contribution is 8.01. The van der Waals surface area contributed by atoms with Gasteiger partial charge < -0.3 is 14.7 Å². The second-order valence-electron chi connectivity index (χ2n) is 8.10. The second kappa shape index (κ2) is 10.6. The van der Waals surface area contributed by atoms with Crippen LogP contribution in [0.4, 0.5) is 5.82 Å². The van der Waals surface area contributed by atoms with Crippen LogP contribution in [-0.4, -0.2) is 46.1 Å². The minimum absolute atomic E-state index is 0.574. The third-order valence-electron chi connectivity index (χ3n) is 5.07. The van der Waals surface area contributed by atoms with Crippen molar-refractivity contribution in [2.75, 3.05) is 25.2 Å². The molecule has 0 amide bonds. The van der Waals surface area contributed by atoms with Gasteiger partial charge in [0.25, 0.3) is 0 Å². The predicted octanol–water partition coefficient (Wildman–Crippen LogP) is 5.06. The number of ether oxygens (including phenoxy) is 1. The summed E-state index contributed by atoms with van der Waals surface area (Å²) in [5.74, 6) is 0.00328. The average molecular weight is 452 g/mol. The molecule has 0 aliphatic carbocycles. The zero-order valence-corrected chi connectivity index (χ0v) is 19.7. The SMILES string of the molecule is COCCN(Cc1ccc(SC(C)(C)C(=O)O)cc1)c1cc(-c2ccc(C)cc2)ncn1. The van der Waals surface area contributed by atoms with Gasteiger partial charge in [0.2, 0.25) is 0 Å². The van der Waals surface area contributed by atoms with Crippen molar-refractivity contribution in [3.05, 3.63) is 72.1 Å². The van der Waals surface area contributed by atoms with Crippen LogP contribution in [-0.2, 0) is 16.1 Å². The van der Waals surface area contributed by atoms with E-state index < -0.39 is 10.7 Å². The van der Waals surface area contributed by atoms with E-state index in [9.17, 15) is 9.90 Å². The molecule has 0 aliphatic rings. The zero-order valence-electron chi connectivity index (χ0n) is 18.9. The molecule has 0 unspecified atom stereocenters. The highest BCUT2D eigenvalue weighted by atomic mass is 32.2. The largest absolute Gasteiger partial charge is 0.480 e. The quantitative estimate of drug-likeness (QED) is 0.432. The monoisotopic (exact) mass is 451 g/mol. The molecular weight excluding hydrogens is 422 g/mol. The molecule has 168 valence electrons. The third-order valence-corrected chi connectivity index (χ3v) is 6.27. The topological polar surface area (TPSA) is 75.5 Å². The third kappa shape index (κ3) is 6.31. The molecule has 0 atom stereocenters. The lowest BCUT2D eigenvalue weighted by Gasteiger charge is -2.24. The van der Waals surface area contributed by atoms with Crippen LogP contribution >= 0.6 is 11.8 Å². The van der Waals surface area contributed by atoms with Gasteiger partial charge >= 0.3 is 5.97 Å². The van der Waals surface area contributed by atoms with Crippen molar-refractivity contribution < 1.29 is 14.6 Å². The average Bonchev–Trinajstić information content (AvgIpc) is 2.78. The minimum atomic E-state index is -0.876. The molecule has 3 rings (SSSR count). The summed E-state index contributed by atoms with van der Waals surface area (Å²) < 4.78 is 4.44. The molecule has 0 aliphatic heterocycles. The van der Waals surface area contributed by atoms with E-state index in [2.05, 4.69) is 46.1 Å². The van der Waals surface area contributed by atoms with Crippen molar-refractivity contribution >= 4 is 23.5 Å². The number of nitrogens with zero attached hydrogens (tertiary/aromatic N) is 3. The molecule has 2 aromatic carbocycles. The Bertz CT molecular complexity index is 1040. The van der Waals surface area contributed by atoms with Crippen LogP contribution in [0, 0.1) is 6.92 Å². The molecule has 32 heavy (non-hydrogen) atoms. The maximum absolute atomic E-state index is 11.4. The van der Waals surface area contributed by atoms with Crippen LogP contribution in [0.2, 0.25) is 0 Å². The Kier molecular flexibility index (Phi) is 7.88. The first-order chi connectivity index (χ1) is 15.3. The lowest BCUT2D eigenvalue weighted by Crippen LogP contribution is -2.28. The summed E-state index contributed by atoms with van der Waals surface area (Å²) in [5, 5.41) is 9.35. The Morgan fingerprint density at radius 3 is 2.41 bits per heavy atom. The number of hydrogen-bond acceptors (Lipinski definition) is 6. The van der Waals surface area contributed by atoms with Crippen LogP contribution in [0.1, 0.15) is 25.0 Å². The number of aliphatic carboxylic acids is 1. The van der Waals surface area contributed by atoms with Crippen molar-refractivity contribution in [1.29, 1.82) is 0 Å². The fourth-order valence-electron chi connectivity index (χ4n) is 3.10. The van der Waals surface area contributed by atoms with Gasteiger partial charge in [-0.05, 0) is 38.5 Å². The highest BCUT2D eigenvalue weighted by Crippen LogP contribution is 2.33. The number of anilines is 1. The summed E-state index contributed by atoms with van der Waals surface area (Å²) in [5.41, 5.74) is 4.24. The molecule has 0 saturated heterocycles. The van der Waals surface area contributed by atoms with E-state index >= 15 is 0 Å². The van der Waals surface area contributed by atoms with E-state index in [1.807, 2.05) is 30.3 Å². The van der Waals surface area contributed by atoms with Gasteiger partial charge in [-0.25, -0.2) is 9.97 Å². The fourth-order valence-corrected chi connectivity index (χ4v) is 4.05. The summed E-state index contributed by atoms with van der Waals surface area (Å²) in [6.07, 6.45) is 1.60. The first-order valence-electron chi connectivity index (χ1n) is 10.4. The molecule has 0 fully saturated rings. The smallest absolute Gasteiger partial charge is 0.319 e. The number of hydrogen-bond donors (Lipinski definition) is 1. The van der Waals surface area contributed by atoms with Gasteiger partial charge in [-0.1, -0.05) is 42.0 Å². The molecular formula is C25H29N3O3S. The summed E-state index contributed by atoms with van der Waals surface area (Å²) in [4.78, 5) is 23.4. The minimum Gasteiger partial charge on any atom is -0.480 e. The van der Waals surface area contributed by atoms with E-state index in [0.717, 1.165) is 27.5 Å². The molecule has 0 spiro atoms. The Morgan fingerprint density at radius 1 is 1.09 bits per heavy atom. The number of thioether (sulfide) groups is 1. The van der Waals surface area contributed by atoms with Gasteiger partial charge in [0.15, 0.2) is 0 Å². The zero-order chi connectivity index (χ0) is 23.1.